The first-order chi connectivity index (χ1) is 8.43. The maximum absolute atomic E-state index is 11.7. The van der Waals surface area contributed by atoms with Gasteiger partial charge in [0.25, 0.3) is 11.5 Å². The van der Waals surface area contributed by atoms with Crippen molar-refractivity contribution in [3.63, 3.8) is 0 Å². The number of carbonyl (C=O) groups excluding carboxylic acids is 1. The van der Waals surface area contributed by atoms with E-state index in [9.17, 15) is 14.4 Å². The molecule has 0 radical (unpaired) electrons. The fourth-order valence-corrected chi connectivity index (χ4v) is 1.45. The first-order valence-electron chi connectivity index (χ1n) is 5.41. The molecule has 0 saturated carbocycles. The van der Waals surface area contributed by atoms with Crippen LogP contribution in [0.3, 0.4) is 0 Å². The van der Waals surface area contributed by atoms with E-state index in [2.05, 4.69) is 10.3 Å². The highest BCUT2D eigenvalue weighted by atomic mass is 16.4. The van der Waals surface area contributed by atoms with Gasteiger partial charge in [-0.1, -0.05) is 13.3 Å². The number of aromatic nitrogens is 1. The minimum Gasteiger partial charge on any atom is -0.494 e. The average Bonchev–Trinajstić information content (AvgIpc) is 2.26. The lowest BCUT2D eigenvalue weighted by molar-refractivity contribution is -0.139. The molecule has 0 aromatic carbocycles. The van der Waals surface area contributed by atoms with Gasteiger partial charge in [-0.3, -0.25) is 14.6 Å². The van der Waals surface area contributed by atoms with E-state index >= 15 is 0 Å². The van der Waals surface area contributed by atoms with Gasteiger partial charge in [0.15, 0.2) is 5.88 Å². The van der Waals surface area contributed by atoms with E-state index in [0.717, 1.165) is 12.1 Å². The van der Waals surface area contributed by atoms with Crippen LogP contribution in [0.5, 0.6) is 5.88 Å². The van der Waals surface area contributed by atoms with Crippen molar-refractivity contribution in [2.75, 3.05) is 0 Å². The summed E-state index contributed by atoms with van der Waals surface area (Å²) in [5.74, 6) is -2.30. The van der Waals surface area contributed by atoms with Gasteiger partial charge in [0.2, 0.25) is 0 Å². The van der Waals surface area contributed by atoms with Crippen molar-refractivity contribution in [2.24, 2.45) is 0 Å². The first-order valence-corrected chi connectivity index (χ1v) is 5.41. The molecule has 0 aliphatic heterocycles. The average molecular weight is 254 g/mol. The Bertz CT molecular complexity index is 508. The summed E-state index contributed by atoms with van der Waals surface area (Å²) in [4.78, 5) is 35.7. The molecule has 0 saturated heterocycles. The fraction of sp³-hybridized carbons (Fsp3) is 0.364. The molecule has 0 bridgehead atoms. The summed E-state index contributed by atoms with van der Waals surface area (Å²) < 4.78 is 0. The molecule has 1 aromatic rings. The van der Waals surface area contributed by atoms with E-state index in [0.29, 0.717) is 6.42 Å². The van der Waals surface area contributed by atoms with Gasteiger partial charge in [-0.25, -0.2) is 4.79 Å². The molecule has 4 N–H and O–H groups in total. The largest absolute Gasteiger partial charge is 0.494 e. The maximum atomic E-state index is 11.7. The lowest BCUT2D eigenvalue weighted by atomic mass is 10.1. The summed E-state index contributed by atoms with van der Waals surface area (Å²) in [5, 5.41) is 20.3. The third-order valence-corrected chi connectivity index (χ3v) is 2.27. The minimum absolute atomic E-state index is 0.0846. The van der Waals surface area contributed by atoms with Crippen molar-refractivity contribution < 1.29 is 19.8 Å². The van der Waals surface area contributed by atoms with Crippen LogP contribution >= 0.6 is 0 Å². The van der Waals surface area contributed by atoms with E-state index < -0.39 is 29.4 Å². The molecule has 1 atom stereocenters. The van der Waals surface area contributed by atoms with E-state index in [1.807, 2.05) is 0 Å². The molecule has 1 heterocycles. The summed E-state index contributed by atoms with van der Waals surface area (Å²) in [6.07, 6.45) is 0.883. The Hall–Kier alpha value is -2.31. The van der Waals surface area contributed by atoms with Crippen LogP contribution in [0.25, 0.3) is 0 Å². The molecule has 0 aliphatic rings. The van der Waals surface area contributed by atoms with Crippen LogP contribution in [-0.4, -0.2) is 33.1 Å². The second-order valence-electron chi connectivity index (χ2n) is 3.77. The van der Waals surface area contributed by atoms with Crippen molar-refractivity contribution in [1.82, 2.24) is 10.3 Å². The number of pyridine rings is 1. The highest BCUT2D eigenvalue weighted by molar-refractivity contribution is 5.96. The van der Waals surface area contributed by atoms with Gasteiger partial charge in [0.1, 0.15) is 6.04 Å². The number of aromatic hydroxyl groups is 1. The molecular weight excluding hydrogens is 240 g/mol. The topological polar surface area (TPSA) is 119 Å². The monoisotopic (exact) mass is 254 g/mol. The molecule has 0 aliphatic carbocycles. The number of hydrogen-bond acceptors (Lipinski definition) is 4. The van der Waals surface area contributed by atoms with Crippen LogP contribution in [0.4, 0.5) is 0 Å². The standard InChI is InChI=1S/C11H14N2O5/c1-2-3-7(11(17)18)12-10(16)6-4-8(14)13-9(15)5-6/h4-5,7H,2-3H2,1H3,(H,12,16)(H,17,18)(H2,13,14,15)/t7-/m1/s1. The van der Waals surface area contributed by atoms with Gasteiger partial charge in [-0.15, -0.1) is 0 Å². The Balaban J connectivity index is 2.86. The Labute approximate surface area is 102 Å². The Morgan fingerprint density at radius 1 is 1.44 bits per heavy atom. The number of H-pyrrole nitrogens is 1. The predicted octanol–water partition coefficient (Wildman–Crippen LogP) is 0.0636. The lowest BCUT2D eigenvalue weighted by Gasteiger charge is -2.13. The first kappa shape index (κ1) is 13.8. The normalized spacial score (nSPS) is 11.8. The number of aromatic amines is 1. The third-order valence-electron chi connectivity index (χ3n) is 2.27. The van der Waals surface area contributed by atoms with Crippen LogP contribution in [0.15, 0.2) is 16.9 Å². The third kappa shape index (κ3) is 3.62. The number of carboxylic acid groups (broad SMARTS) is 1. The number of aliphatic carboxylic acids is 1. The number of rotatable bonds is 5. The summed E-state index contributed by atoms with van der Waals surface area (Å²) in [7, 11) is 0. The molecule has 7 heteroatoms. The molecule has 0 fully saturated rings. The van der Waals surface area contributed by atoms with Gasteiger partial charge in [-0.05, 0) is 6.42 Å². The van der Waals surface area contributed by atoms with E-state index in [1.54, 1.807) is 6.92 Å². The number of nitrogens with one attached hydrogen (secondary N) is 2. The van der Waals surface area contributed by atoms with Gasteiger partial charge in [0.05, 0.1) is 5.56 Å². The Morgan fingerprint density at radius 2 is 2.11 bits per heavy atom. The number of carbonyl (C=O) groups is 2. The zero-order chi connectivity index (χ0) is 13.7. The van der Waals surface area contributed by atoms with Crippen LogP contribution in [0.1, 0.15) is 30.1 Å². The lowest BCUT2D eigenvalue weighted by Crippen LogP contribution is -2.40. The number of amides is 1. The molecule has 1 aromatic heterocycles. The summed E-state index contributed by atoms with van der Waals surface area (Å²) in [6.45, 7) is 1.79. The number of carboxylic acids is 1. The van der Waals surface area contributed by atoms with E-state index in [4.69, 9.17) is 10.2 Å². The molecule has 7 nitrogen and oxygen atoms in total. The molecule has 1 amide bonds. The summed E-state index contributed by atoms with van der Waals surface area (Å²) in [5.41, 5.74) is -0.721. The Morgan fingerprint density at radius 3 is 2.61 bits per heavy atom. The quantitative estimate of drug-likeness (QED) is 0.592. The van der Waals surface area contributed by atoms with Crippen LogP contribution in [0, 0.1) is 0 Å². The molecule has 0 spiro atoms. The zero-order valence-corrected chi connectivity index (χ0v) is 9.77. The van der Waals surface area contributed by atoms with Gasteiger partial charge < -0.3 is 15.5 Å². The van der Waals surface area contributed by atoms with Crippen LogP contribution in [-0.2, 0) is 4.79 Å². The van der Waals surface area contributed by atoms with Crippen LogP contribution in [0.2, 0.25) is 0 Å². The Kier molecular flexibility index (Phi) is 4.47. The predicted molar refractivity (Wildman–Crippen MR) is 62.5 cm³/mol. The molecule has 18 heavy (non-hydrogen) atoms. The molecule has 1 rings (SSSR count). The van der Waals surface area contributed by atoms with Crippen molar-refractivity contribution in [3.05, 3.63) is 28.0 Å². The highest BCUT2D eigenvalue weighted by Crippen LogP contribution is 2.05. The summed E-state index contributed by atoms with van der Waals surface area (Å²) >= 11 is 0. The van der Waals surface area contributed by atoms with Crippen molar-refractivity contribution in [3.8, 4) is 5.88 Å². The van der Waals surface area contributed by atoms with Gasteiger partial charge >= 0.3 is 5.97 Å². The SMILES string of the molecule is CCC[C@@H](NC(=O)c1cc(O)[nH]c(=O)c1)C(=O)O. The minimum atomic E-state index is -1.14. The fourth-order valence-electron chi connectivity index (χ4n) is 1.45. The van der Waals surface area contributed by atoms with E-state index in [1.165, 1.54) is 0 Å². The second-order valence-corrected chi connectivity index (χ2v) is 3.77. The summed E-state index contributed by atoms with van der Waals surface area (Å²) in [6, 6.07) is 1.03. The smallest absolute Gasteiger partial charge is 0.326 e. The number of hydrogen-bond donors (Lipinski definition) is 4. The van der Waals surface area contributed by atoms with Crippen LogP contribution < -0.4 is 10.9 Å². The van der Waals surface area contributed by atoms with Gasteiger partial charge in [0, 0.05) is 12.1 Å². The zero-order valence-electron chi connectivity index (χ0n) is 9.77. The van der Waals surface area contributed by atoms with Crippen molar-refractivity contribution in [1.29, 1.82) is 0 Å². The van der Waals surface area contributed by atoms with E-state index in [-0.39, 0.29) is 12.0 Å². The van der Waals surface area contributed by atoms with Crippen molar-refractivity contribution >= 4 is 11.9 Å². The van der Waals surface area contributed by atoms with Gasteiger partial charge in [-0.2, -0.15) is 0 Å². The molecule has 0 unspecified atom stereocenters. The highest BCUT2D eigenvalue weighted by Gasteiger charge is 2.20. The van der Waals surface area contributed by atoms with Crippen molar-refractivity contribution in [2.45, 2.75) is 25.8 Å². The second kappa shape index (κ2) is 5.85. The molecule has 98 valence electrons. The molecular formula is C11H14N2O5. The maximum Gasteiger partial charge on any atom is 0.326 e.